The van der Waals surface area contributed by atoms with Gasteiger partial charge >= 0.3 is 0 Å². The summed E-state index contributed by atoms with van der Waals surface area (Å²) < 4.78 is 12.0. The van der Waals surface area contributed by atoms with Crippen LogP contribution in [0.2, 0.25) is 0 Å². The third kappa shape index (κ3) is 3.43. The van der Waals surface area contributed by atoms with E-state index in [1.54, 1.807) is 14.2 Å². The fraction of sp³-hybridized carbons (Fsp3) is 0.250. The Bertz CT molecular complexity index is 547. The second-order valence-corrected chi connectivity index (χ2v) is 5.76. The summed E-state index contributed by atoms with van der Waals surface area (Å²) >= 11 is 2.29. The van der Waals surface area contributed by atoms with Gasteiger partial charge in [-0.1, -0.05) is 18.2 Å². The zero-order valence-electron chi connectivity index (χ0n) is 11.6. The number of rotatable bonds is 5. The maximum atomic E-state index is 6.36. The molecular formula is C16H18INO2. The summed E-state index contributed by atoms with van der Waals surface area (Å²) in [6.07, 6.45) is 0.744. The molecule has 0 heterocycles. The largest absolute Gasteiger partial charge is 0.496 e. The van der Waals surface area contributed by atoms with Gasteiger partial charge in [-0.3, -0.25) is 0 Å². The highest BCUT2D eigenvalue weighted by atomic mass is 127. The molecule has 1 unspecified atom stereocenters. The molecule has 2 rings (SSSR count). The van der Waals surface area contributed by atoms with Gasteiger partial charge in [-0.15, -0.1) is 0 Å². The van der Waals surface area contributed by atoms with E-state index in [-0.39, 0.29) is 6.04 Å². The van der Waals surface area contributed by atoms with Crippen LogP contribution < -0.4 is 15.2 Å². The molecule has 0 saturated carbocycles. The molecule has 1 atom stereocenters. The van der Waals surface area contributed by atoms with Crippen LogP contribution >= 0.6 is 22.6 Å². The highest BCUT2D eigenvalue weighted by Crippen LogP contribution is 2.34. The van der Waals surface area contributed by atoms with E-state index in [9.17, 15) is 0 Å². The smallest absolute Gasteiger partial charge is 0.127 e. The van der Waals surface area contributed by atoms with Gasteiger partial charge in [-0.25, -0.2) is 0 Å². The molecule has 0 bridgehead atoms. The third-order valence-corrected chi connectivity index (χ3v) is 3.92. The van der Waals surface area contributed by atoms with Crippen molar-refractivity contribution in [3.63, 3.8) is 0 Å². The van der Waals surface area contributed by atoms with Crippen LogP contribution in [0.4, 0.5) is 0 Å². The van der Waals surface area contributed by atoms with Crippen molar-refractivity contribution in [1.82, 2.24) is 0 Å². The van der Waals surface area contributed by atoms with Gasteiger partial charge in [0, 0.05) is 9.61 Å². The number of nitrogens with two attached hydrogens (primary N) is 1. The Labute approximate surface area is 133 Å². The number of benzene rings is 2. The van der Waals surface area contributed by atoms with E-state index in [1.165, 1.54) is 9.13 Å². The average molecular weight is 383 g/mol. The molecule has 0 aliphatic heterocycles. The number of hydrogen-bond donors (Lipinski definition) is 1. The second kappa shape index (κ2) is 6.95. The van der Waals surface area contributed by atoms with Gasteiger partial charge in [0.15, 0.2) is 0 Å². The second-order valence-electron chi connectivity index (χ2n) is 4.51. The Morgan fingerprint density at radius 3 is 2.05 bits per heavy atom. The summed E-state index contributed by atoms with van der Waals surface area (Å²) in [4.78, 5) is 0. The molecule has 2 aromatic rings. The predicted octanol–water partition coefficient (Wildman–Crippen LogP) is 3.55. The predicted molar refractivity (Wildman–Crippen MR) is 89.3 cm³/mol. The topological polar surface area (TPSA) is 44.5 Å². The monoisotopic (exact) mass is 383 g/mol. The summed E-state index contributed by atoms with van der Waals surface area (Å²) in [6.45, 7) is 0. The SMILES string of the molecule is COc1cccc(OC)c1C(N)Cc1ccc(I)cc1. The standard InChI is InChI=1S/C16H18INO2/c1-19-14-4-3-5-15(20-2)16(14)13(18)10-11-6-8-12(17)9-7-11/h3-9,13H,10,18H2,1-2H3. The summed E-state index contributed by atoms with van der Waals surface area (Å²) in [7, 11) is 3.30. The van der Waals surface area contributed by atoms with E-state index in [0.717, 1.165) is 23.5 Å². The van der Waals surface area contributed by atoms with Crippen LogP contribution in [-0.2, 0) is 6.42 Å². The van der Waals surface area contributed by atoms with E-state index in [4.69, 9.17) is 15.2 Å². The third-order valence-electron chi connectivity index (χ3n) is 3.21. The number of hydrogen-bond acceptors (Lipinski definition) is 3. The quantitative estimate of drug-likeness (QED) is 0.804. The molecular weight excluding hydrogens is 365 g/mol. The Hall–Kier alpha value is -1.27. The summed E-state index contributed by atoms with van der Waals surface area (Å²) in [5.74, 6) is 1.53. The van der Waals surface area contributed by atoms with Gasteiger partial charge in [0.2, 0.25) is 0 Å². The maximum Gasteiger partial charge on any atom is 0.127 e. The fourth-order valence-electron chi connectivity index (χ4n) is 2.22. The highest BCUT2D eigenvalue weighted by Gasteiger charge is 2.17. The Morgan fingerprint density at radius 1 is 1.00 bits per heavy atom. The van der Waals surface area contributed by atoms with Crippen molar-refractivity contribution in [3.05, 3.63) is 57.2 Å². The molecule has 4 heteroatoms. The molecule has 0 spiro atoms. The van der Waals surface area contributed by atoms with E-state index < -0.39 is 0 Å². The summed E-state index contributed by atoms with van der Waals surface area (Å²) in [6, 6.07) is 13.9. The first kappa shape index (κ1) is 15.1. The molecule has 106 valence electrons. The molecule has 0 aliphatic rings. The number of ether oxygens (including phenoxy) is 2. The summed E-state index contributed by atoms with van der Waals surface area (Å²) in [5.41, 5.74) is 8.47. The molecule has 0 fully saturated rings. The van der Waals surface area contributed by atoms with Gasteiger partial charge in [-0.05, 0) is 58.8 Å². The van der Waals surface area contributed by atoms with Gasteiger partial charge in [0.05, 0.1) is 19.8 Å². The van der Waals surface area contributed by atoms with Crippen molar-refractivity contribution in [1.29, 1.82) is 0 Å². The maximum absolute atomic E-state index is 6.36. The molecule has 3 nitrogen and oxygen atoms in total. The van der Waals surface area contributed by atoms with Gasteiger partial charge in [0.25, 0.3) is 0 Å². The summed E-state index contributed by atoms with van der Waals surface area (Å²) in [5, 5.41) is 0. The first-order chi connectivity index (χ1) is 9.65. The Balaban J connectivity index is 2.28. The first-order valence-electron chi connectivity index (χ1n) is 6.36. The molecule has 0 saturated heterocycles. The Morgan fingerprint density at radius 2 is 1.55 bits per heavy atom. The van der Waals surface area contributed by atoms with Crippen molar-refractivity contribution < 1.29 is 9.47 Å². The number of halogens is 1. The highest BCUT2D eigenvalue weighted by molar-refractivity contribution is 14.1. The minimum atomic E-state index is -0.166. The first-order valence-corrected chi connectivity index (χ1v) is 7.44. The Kier molecular flexibility index (Phi) is 5.25. The van der Waals surface area contributed by atoms with Crippen molar-refractivity contribution in [3.8, 4) is 11.5 Å². The van der Waals surface area contributed by atoms with Crippen LogP contribution in [0, 0.1) is 3.57 Å². The normalized spacial score (nSPS) is 12.0. The van der Waals surface area contributed by atoms with Crippen LogP contribution in [0.3, 0.4) is 0 Å². The van der Waals surface area contributed by atoms with E-state index >= 15 is 0 Å². The average Bonchev–Trinajstić information content (AvgIpc) is 2.48. The van der Waals surface area contributed by atoms with Crippen LogP contribution in [0.25, 0.3) is 0 Å². The fourth-order valence-corrected chi connectivity index (χ4v) is 2.58. The zero-order valence-corrected chi connectivity index (χ0v) is 13.8. The molecule has 0 radical (unpaired) electrons. The van der Waals surface area contributed by atoms with E-state index in [0.29, 0.717) is 0 Å². The van der Waals surface area contributed by atoms with Crippen molar-refractivity contribution >= 4 is 22.6 Å². The van der Waals surface area contributed by atoms with Crippen LogP contribution in [0.1, 0.15) is 17.2 Å². The van der Waals surface area contributed by atoms with Crippen molar-refractivity contribution in [2.24, 2.45) is 5.73 Å². The van der Waals surface area contributed by atoms with Gasteiger partial charge < -0.3 is 15.2 Å². The molecule has 20 heavy (non-hydrogen) atoms. The van der Waals surface area contributed by atoms with E-state index in [1.807, 2.05) is 18.2 Å². The van der Waals surface area contributed by atoms with Crippen LogP contribution in [0.15, 0.2) is 42.5 Å². The minimum absolute atomic E-state index is 0.166. The van der Waals surface area contributed by atoms with Crippen molar-refractivity contribution in [2.75, 3.05) is 14.2 Å². The molecule has 0 aromatic heterocycles. The van der Waals surface area contributed by atoms with Gasteiger partial charge in [-0.2, -0.15) is 0 Å². The van der Waals surface area contributed by atoms with Crippen LogP contribution in [-0.4, -0.2) is 14.2 Å². The zero-order chi connectivity index (χ0) is 14.5. The van der Waals surface area contributed by atoms with Crippen molar-refractivity contribution in [2.45, 2.75) is 12.5 Å². The molecule has 2 N–H and O–H groups in total. The molecule has 0 aliphatic carbocycles. The lowest BCUT2D eigenvalue weighted by atomic mass is 9.98. The minimum Gasteiger partial charge on any atom is -0.496 e. The lowest BCUT2D eigenvalue weighted by Crippen LogP contribution is -2.15. The van der Waals surface area contributed by atoms with Crippen LogP contribution in [0.5, 0.6) is 11.5 Å². The lowest BCUT2D eigenvalue weighted by molar-refractivity contribution is 0.379. The van der Waals surface area contributed by atoms with E-state index in [2.05, 4.69) is 46.9 Å². The molecule has 2 aromatic carbocycles. The lowest BCUT2D eigenvalue weighted by Gasteiger charge is -2.19. The molecule has 0 amide bonds. The van der Waals surface area contributed by atoms with Gasteiger partial charge in [0.1, 0.15) is 11.5 Å². The number of methoxy groups -OCH3 is 2.